The Kier molecular flexibility index (Phi) is 18.9. The fourth-order valence-electron chi connectivity index (χ4n) is 6.01. The van der Waals surface area contributed by atoms with Gasteiger partial charge in [-0.3, -0.25) is 14.4 Å². The molecule has 2 N–H and O–H groups in total. The summed E-state index contributed by atoms with van der Waals surface area (Å²) in [6.07, 6.45) is 10.3. The van der Waals surface area contributed by atoms with Gasteiger partial charge in [0.15, 0.2) is 11.6 Å². The number of amides is 1. The Labute approximate surface area is 306 Å². The van der Waals surface area contributed by atoms with Crippen LogP contribution in [0.5, 0.6) is 0 Å². The van der Waals surface area contributed by atoms with Crippen molar-refractivity contribution in [3.05, 3.63) is 96.1 Å². The molecule has 2 saturated carbocycles. The Morgan fingerprint density at radius 1 is 0.731 bits per heavy atom. The van der Waals surface area contributed by atoms with Crippen LogP contribution in [0.15, 0.2) is 90.0 Å². The molecule has 2 aliphatic rings. The molecule has 1 amide bonds. The van der Waals surface area contributed by atoms with Gasteiger partial charge in [0.05, 0.1) is 13.1 Å². The lowest BCUT2D eigenvalue weighted by molar-refractivity contribution is -0.139. The number of ketones is 2. The smallest absolute Gasteiger partial charge is 0.333 e. The quantitative estimate of drug-likeness (QED) is 0.0558. The Hall–Kier alpha value is -4.99. The molecule has 0 aliphatic heterocycles. The summed E-state index contributed by atoms with van der Waals surface area (Å²) < 4.78 is 9.56. The molecule has 0 saturated heterocycles. The van der Waals surface area contributed by atoms with Crippen LogP contribution in [0.1, 0.15) is 105 Å². The topological polar surface area (TPSA) is 165 Å². The van der Waals surface area contributed by atoms with Gasteiger partial charge in [-0.2, -0.15) is 0 Å². The van der Waals surface area contributed by atoms with Gasteiger partial charge in [-0.1, -0.05) is 112 Å². The van der Waals surface area contributed by atoms with E-state index < -0.39 is 23.0 Å². The van der Waals surface area contributed by atoms with Crippen LogP contribution in [0.2, 0.25) is 0 Å². The average molecular weight is 717 g/mol. The molecule has 0 spiro atoms. The minimum absolute atomic E-state index is 0.0571. The molecule has 2 aliphatic carbocycles. The molecule has 2 aromatic carbocycles. The molecule has 52 heavy (non-hydrogen) atoms. The first-order valence-corrected chi connectivity index (χ1v) is 17.7. The molecule has 280 valence electrons. The number of carbonyl (C=O) groups is 5. The van der Waals surface area contributed by atoms with Gasteiger partial charge in [0, 0.05) is 34.1 Å². The highest BCUT2D eigenvalue weighted by molar-refractivity contribution is 6.03. The number of Topliss-reactive ketones (excluding diaryl/α,β-unsaturated/α-hetero) is 2. The molecule has 0 unspecified atom stereocenters. The lowest BCUT2D eigenvalue weighted by Gasteiger charge is -2.35. The third kappa shape index (κ3) is 14.7. The van der Waals surface area contributed by atoms with Gasteiger partial charge >= 0.3 is 11.9 Å². The summed E-state index contributed by atoms with van der Waals surface area (Å²) in [6, 6.07) is 18.3. The molecular weight excluding hydrogens is 664 g/mol. The highest BCUT2D eigenvalue weighted by Crippen LogP contribution is 2.42. The second kappa shape index (κ2) is 22.7. The minimum Gasteiger partial charge on any atom is -0.460 e. The lowest BCUT2D eigenvalue weighted by atomic mass is 9.67. The first kappa shape index (κ1) is 43.2. The number of benzene rings is 2. The molecule has 0 aromatic heterocycles. The highest BCUT2D eigenvalue weighted by atomic mass is 16.5. The molecule has 0 heterocycles. The number of esters is 2. The number of ether oxygens (including phenoxy) is 2. The van der Waals surface area contributed by atoms with Gasteiger partial charge in [-0.05, 0) is 39.5 Å². The van der Waals surface area contributed by atoms with Crippen molar-refractivity contribution in [2.45, 2.75) is 90.1 Å². The van der Waals surface area contributed by atoms with Crippen LogP contribution in [0.3, 0.4) is 0 Å². The van der Waals surface area contributed by atoms with Crippen LogP contribution in [0.25, 0.3) is 0 Å². The maximum atomic E-state index is 13.1. The monoisotopic (exact) mass is 716 g/mol. The van der Waals surface area contributed by atoms with Crippen molar-refractivity contribution in [3.8, 4) is 0 Å². The number of carbonyl (C=O) groups excluding carboxylic acids is 6. The van der Waals surface area contributed by atoms with Crippen molar-refractivity contribution >= 4 is 35.5 Å². The predicted molar refractivity (Wildman–Crippen MR) is 197 cm³/mol. The number of rotatable bonds is 14. The van der Waals surface area contributed by atoms with Crippen LogP contribution >= 0.6 is 0 Å². The SMILES string of the molecule is C=C(C)C(=O)OCCN=C=O.C=C(C)C(=O)OCCNC(=O)CC1(C(=O)c2ccccc2)CCCCC1.O=C(c1ccccc1)C1(O)CCCCC1. The number of aliphatic imine (C=N–C) groups is 1. The zero-order valence-electron chi connectivity index (χ0n) is 30.5. The number of isocyanates is 1. The minimum atomic E-state index is -1.10. The van der Waals surface area contributed by atoms with E-state index in [0.717, 1.165) is 51.4 Å². The van der Waals surface area contributed by atoms with E-state index in [-0.39, 0.29) is 50.2 Å². The average Bonchev–Trinajstić information content (AvgIpc) is 3.16. The standard InChI is InChI=1S/C21H27NO4.C13H16O2.C7H9NO3/c1-16(2)20(25)26-14-13-22-18(23)15-21(11-7-4-8-12-21)19(24)17-9-5-3-6-10-17;14-12(11-7-3-1-4-8-11)13(15)9-5-2-6-10-13;1-6(2)7(10)11-4-3-8-5-9/h3,5-6,9-10H,1,4,7-8,11-15H2,2H3,(H,22,23);1,3-4,7-8,15H,2,5-6,9-10H2;1,3-4H2,2H3. The van der Waals surface area contributed by atoms with Gasteiger partial charge in [0.1, 0.15) is 18.8 Å². The third-order valence-electron chi connectivity index (χ3n) is 8.82. The Bertz CT molecular complexity index is 1550. The summed E-state index contributed by atoms with van der Waals surface area (Å²) in [5.74, 6) is -1.17. The van der Waals surface area contributed by atoms with Crippen molar-refractivity contribution in [3.63, 3.8) is 0 Å². The molecule has 11 heteroatoms. The van der Waals surface area contributed by atoms with Gasteiger partial charge < -0.3 is 19.9 Å². The van der Waals surface area contributed by atoms with Crippen molar-refractivity contribution in [1.29, 1.82) is 0 Å². The fraction of sp³-hybridized carbons (Fsp3) is 0.463. The molecule has 2 fully saturated rings. The summed E-state index contributed by atoms with van der Waals surface area (Å²) in [5.41, 5.74) is 0.225. The summed E-state index contributed by atoms with van der Waals surface area (Å²) in [6.45, 7) is 10.6. The van der Waals surface area contributed by atoms with Crippen molar-refractivity contribution in [2.24, 2.45) is 10.4 Å². The molecule has 0 bridgehead atoms. The zero-order chi connectivity index (χ0) is 38.4. The summed E-state index contributed by atoms with van der Waals surface area (Å²) in [7, 11) is 0. The van der Waals surface area contributed by atoms with Crippen LogP contribution < -0.4 is 5.32 Å². The van der Waals surface area contributed by atoms with Crippen LogP contribution in [-0.4, -0.2) is 72.5 Å². The number of hydrogen-bond acceptors (Lipinski definition) is 10. The van der Waals surface area contributed by atoms with Crippen molar-refractivity contribution < 1.29 is 43.3 Å². The van der Waals surface area contributed by atoms with E-state index in [2.05, 4.69) is 28.2 Å². The van der Waals surface area contributed by atoms with E-state index in [9.17, 15) is 33.9 Å². The summed E-state index contributed by atoms with van der Waals surface area (Å²) in [4.78, 5) is 72.3. The largest absolute Gasteiger partial charge is 0.460 e. The third-order valence-corrected chi connectivity index (χ3v) is 8.82. The van der Waals surface area contributed by atoms with Gasteiger partial charge in [0.2, 0.25) is 12.0 Å². The van der Waals surface area contributed by atoms with Crippen molar-refractivity contribution in [1.82, 2.24) is 5.32 Å². The predicted octanol–water partition coefficient (Wildman–Crippen LogP) is 6.45. The van der Waals surface area contributed by atoms with Gasteiger partial charge in [-0.15, -0.1) is 0 Å². The summed E-state index contributed by atoms with van der Waals surface area (Å²) in [5, 5.41) is 13.0. The van der Waals surface area contributed by atoms with Crippen molar-refractivity contribution in [2.75, 3.05) is 26.3 Å². The molecule has 2 aromatic rings. The summed E-state index contributed by atoms with van der Waals surface area (Å²) >= 11 is 0. The van der Waals surface area contributed by atoms with E-state index in [4.69, 9.17) is 4.74 Å². The molecule has 0 atom stereocenters. The van der Waals surface area contributed by atoms with Crippen LogP contribution in [-0.2, 0) is 28.7 Å². The molecule has 11 nitrogen and oxygen atoms in total. The van der Waals surface area contributed by atoms with Gasteiger partial charge in [-0.25, -0.2) is 19.4 Å². The fourth-order valence-corrected chi connectivity index (χ4v) is 6.01. The van der Waals surface area contributed by atoms with E-state index >= 15 is 0 Å². The van der Waals surface area contributed by atoms with Crippen LogP contribution in [0.4, 0.5) is 0 Å². The molecule has 0 radical (unpaired) electrons. The highest BCUT2D eigenvalue weighted by Gasteiger charge is 2.41. The Morgan fingerprint density at radius 3 is 1.67 bits per heavy atom. The first-order valence-electron chi connectivity index (χ1n) is 17.7. The maximum Gasteiger partial charge on any atom is 0.333 e. The number of nitrogens with zero attached hydrogens (tertiary/aromatic N) is 1. The van der Waals surface area contributed by atoms with E-state index in [1.807, 2.05) is 48.5 Å². The van der Waals surface area contributed by atoms with Crippen LogP contribution in [0, 0.1) is 5.41 Å². The number of nitrogens with one attached hydrogen (secondary N) is 1. The molecular formula is C41H52N2O9. The number of aliphatic hydroxyl groups is 1. The van der Waals surface area contributed by atoms with E-state index in [1.54, 1.807) is 26.0 Å². The second-order valence-corrected chi connectivity index (χ2v) is 13.2. The van der Waals surface area contributed by atoms with E-state index in [0.29, 0.717) is 35.1 Å². The van der Waals surface area contributed by atoms with E-state index in [1.165, 1.54) is 6.08 Å². The number of hydrogen-bond donors (Lipinski definition) is 2. The second-order valence-electron chi connectivity index (χ2n) is 13.2. The first-order chi connectivity index (χ1) is 24.8. The Balaban J connectivity index is 0.000000303. The normalized spacial score (nSPS) is 15.3. The maximum absolute atomic E-state index is 13.1. The lowest BCUT2D eigenvalue weighted by Crippen LogP contribution is -2.40. The zero-order valence-corrected chi connectivity index (χ0v) is 30.5. The molecule has 4 rings (SSSR count). The Morgan fingerprint density at radius 2 is 1.19 bits per heavy atom. The van der Waals surface area contributed by atoms with Gasteiger partial charge in [0.25, 0.3) is 0 Å².